The van der Waals surface area contributed by atoms with Crippen LogP contribution in [-0.2, 0) is 9.30 Å². The third-order valence-corrected chi connectivity index (χ3v) is 7.05. The van der Waals surface area contributed by atoms with E-state index >= 15 is 0 Å². The summed E-state index contributed by atoms with van der Waals surface area (Å²) in [6.45, 7) is 14.2. The van der Waals surface area contributed by atoms with Gasteiger partial charge in [-0.15, -0.1) is 0 Å². The Morgan fingerprint density at radius 2 is 1.63 bits per heavy atom. The summed E-state index contributed by atoms with van der Waals surface area (Å²) in [7, 11) is -1.89. The fraction of sp³-hybridized carbons (Fsp3) is 0.650. The van der Waals surface area contributed by atoms with Crippen molar-refractivity contribution in [3.05, 3.63) is 29.3 Å². The molecule has 0 aliphatic heterocycles. The standard InChI is InChI=1S/C20H36NO4PS/c1-13(2)17-10-9-11-18(14(3)4)19(17)25-26(23,12-24-8)21-16(7)20(22)27-15(5)6/h9-11,13-16,22,27H,12H2,1-8H3,(H,21,23)/t16-,26?/m0/s1. The zero-order chi connectivity index (χ0) is 20.8. The number of aliphatic hydroxyl groups excluding tert-OH is 1. The molecule has 0 aromatic heterocycles. The van der Waals surface area contributed by atoms with E-state index in [0.29, 0.717) is 5.75 Å². The number of hydrogen-bond donors (Lipinski definition) is 3. The Morgan fingerprint density at radius 1 is 1.11 bits per heavy atom. The van der Waals surface area contributed by atoms with Crippen LogP contribution < -0.4 is 9.61 Å². The van der Waals surface area contributed by atoms with Crippen LogP contribution in [0, 0.1) is 0 Å². The first-order valence-corrected chi connectivity index (χ1v) is 12.2. The molecule has 5 nitrogen and oxygen atoms in total. The zero-order valence-corrected chi connectivity index (χ0v) is 19.6. The van der Waals surface area contributed by atoms with Crippen molar-refractivity contribution in [2.75, 3.05) is 13.5 Å². The Hall–Kier alpha value is -0.650. The quantitative estimate of drug-likeness (QED) is 0.261. The molecule has 2 N–H and O–H groups in total. The smallest absolute Gasteiger partial charge is 0.342 e. The minimum Gasteiger partial charge on any atom is -0.431 e. The molecule has 0 radical (unpaired) electrons. The Kier molecular flexibility index (Phi) is 9.73. The molecular weight excluding hydrogens is 381 g/mol. The highest BCUT2D eigenvalue weighted by Crippen LogP contribution is 2.48. The Morgan fingerprint density at radius 3 is 2.04 bits per heavy atom. The van der Waals surface area contributed by atoms with Crippen molar-refractivity contribution >= 4 is 23.9 Å². The Balaban J connectivity index is 3.28. The molecule has 1 aromatic rings. The maximum absolute atomic E-state index is 13.5. The number of nitrogens with one attached hydrogen (secondary N) is 1. The predicted octanol–water partition coefficient (Wildman–Crippen LogP) is 5.65. The molecule has 1 aromatic carbocycles. The van der Waals surface area contributed by atoms with Crippen LogP contribution in [-0.4, -0.2) is 34.9 Å². The van der Waals surface area contributed by atoms with Gasteiger partial charge in [-0.25, -0.2) is 5.09 Å². The molecule has 0 bridgehead atoms. The molecule has 0 heterocycles. The summed E-state index contributed by atoms with van der Waals surface area (Å²) in [5.41, 5.74) is 2.03. The molecule has 0 aliphatic rings. The summed E-state index contributed by atoms with van der Waals surface area (Å²) < 4.78 is 24.9. The maximum atomic E-state index is 13.5. The molecule has 1 rings (SSSR count). The Bertz CT molecular complexity index is 662. The highest BCUT2D eigenvalue weighted by Gasteiger charge is 2.31. The molecule has 27 heavy (non-hydrogen) atoms. The summed E-state index contributed by atoms with van der Waals surface area (Å²) in [4.78, 5) is 0. The summed E-state index contributed by atoms with van der Waals surface area (Å²) in [5, 5.41) is 13.8. The van der Waals surface area contributed by atoms with Gasteiger partial charge in [-0.2, -0.15) is 11.4 Å². The van der Waals surface area contributed by atoms with Gasteiger partial charge in [-0.3, -0.25) is 4.57 Å². The molecular formula is C20H36NO4PS. The van der Waals surface area contributed by atoms with Crippen LogP contribution in [0.1, 0.15) is 71.4 Å². The minimum atomic E-state index is -3.39. The molecule has 7 heteroatoms. The van der Waals surface area contributed by atoms with Crippen LogP contribution in [0.25, 0.3) is 0 Å². The van der Waals surface area contributed by atoms with Crippen molar-refractivity contribution < 1.29 is 18.9 Å². The average Bonchev–Trinajstić information content (AvgIpc) is 2.53. The molecule has 0 fully saturated rings. The minimum absolute atomic E-state index is 0.0762. The lowest BCUT2D eigenvalue weighted by atomic mass is 9.94. The van der Waals surface area contributed by atoms with Crippen LogP contribution in [0.4, 0.5) is 0 Å². The van der Waals surface area contributed by atoms with Crippen molar-refractivity contribution in [1.82, 2.24) is 5.09 Å². The first-order chi connectivity index (χ1) is 12.5. The highest BCUT2D eigenvalue weighted by atomic mass is 32.1. The van der Waals surface area contributed by atoms with Crippen molar-refractivity contribution in [1.29, 1.82) is 0 Å². The number of thiol groups is 1. The number of aliphatic hydroxyl groups is 1. The van der Waals surface area contributed by atoms with Gasteiger partial charge in [-0.1, -0.05) is 59.7 Å². The second-order valence-electron chi connectivity index (χ2n) is 7.69. The van der Waals surface area contributed by atoms with Crippen LogP contribution in [0.5, 0.6) is 5.75 Å². The normalized spacial score (nSPS) is 16.4. The van der Waals surface area contributed by atoms with Crippen LogP contribution in [0.3, 0.4) is 0 Å². The maximum Gasteiger partial charge on any atom is 0.342 e. The molecule has 0 spiro atoms. The van der Waals surface area contributed by atoms with Crippen molar-refractivity contribution in [3.8, 4) is 5.75 Å². The fourth-order valence-electron chi connectivity index (χ4n) is 2.72. The van der Waals surface area contributed by atoms with Gasteiger partial charge in [0.2, 0.25) is 0 Å². The zero-order valence-electron chi connectivity index (χ0n) is 17.8. The first-order valence-electron chi connectivity index (χ1n) is 9.45. The lowest BCUT2D eigenvalue weighted by molar-refractivity contribution is 0.235. The summed E-state index contributed by atoms with van der Waals surface area (Å²) in [5.74, 6) is 1.11. The average molecular weight is 418 g/mol. The topological polar surface area (TPSA) is 67.8 Å². The van der Waals surface area contributed by atoms with Gasteiger partial charge in [0.05, 0.1) is 11.1 Å². The first kappa shape index (κ1) is 24.4. The van der Waals surface area contributed by atoms with Gasteiger partial charge < -0.3 is 14.4 Å². The van der Waals surface area contributed by atoms with E-state index in [4.69, 9.17) is 9.26 Å². The number of ether oxygens (including phenoxy) is 1. The van der Waals surface area contributed by atoms with Gasteiger partial charge in [-0.05, 0) is 35.1 Å². The number of hydrogen-bond acceptors (Lipinski definition) is 3. The van der Waals surface area contributed by atoms with Gasteiger partial charge >= 0.3 is 7.52 Å². The second kappa shape index (κ2) is 10.8. The van der Waals surface area contributed by atoms with Gasteiger partial charge in [0.1, 0.15) is 12.1 Å². The molecule has 0 amide bonds. The predicted molar refractivity (Wildman–Crippen MR) is 119 cm³/mol. The van der Waals surface area contributed by atoms with Crippen molar-refractivity contribution in [2.24, 2.45) is 0 Å². The molecule has 0 aliphatic carbocycles. The van der Waals surface area contributed by atoms with Gasteiger partial charge in [0.25, 0.3) is 0 Å². The van der Waals surface area contributed by atoms with Crippen molar-refractivity contribution in [3.63, 3.8) is 0 Å². The van der Waals surface area contributed by atoms with E-state index in [-0.39, 0.29) is 28.5 Å². The molecule has 156 valence electrons. The van der Waals surface area contributed by atoms with E-state index in [1.165, 1.54) is 7.11 Å². The highest BCUT2D eigenvalue weighted by molar-refractivity contribution is 7.99. The molecule has 2 atom stereocenters. The Labute approximate surface area is 168 Å². The number of rotatable bonds is 10. The number of para-hydroxylation sites is 1. The van der Waals surface area contributed by atoms with E-state index in [0.717, 1.165) is 22.5 Å². The van der Waals surface area contributed by atoms with E-state index in [9.17, 15) is 9.67 Å². The van der Waals surface area contributed by atoms with Crippen LogP contribution in [0.2, 0.25) is 0 Å². The molecule has 0 saturated heterocycles. The number of methoxy groups -OCH3 is 1. The van der Waals surface area contributed by atoms with E-state index in [1.54, 1.807) is 6.92 Å². The fourth-order valence-corrected chi connectivity index (χ4v) is 5.38. The van der Waals surface area contributed by atoms with Crippen LogP contribution in [0.15, 0.2) is 18.2 Å². The molecule has 0 saturated carbocycles. The summed E-state index contributed by atoms with van der Waals surface area (Å²) in [6.07, 6.45) is -0.0762. The lowest BCUT2D eigenvalue weighted by Gasteiger charge is -2.27. The molecule has 1 unspecified atom stereocenters. The third kappa shape index (κ3) is 7.35. The van der Waals surface area contributed by atoms with E-state index in [1.807, 2.05) is 32.0 Å². The van der Waals surface area contributed by atoms with Crippen molar-refractivity contribution in [2.45, 2.75) is 71.6 Å². The van der Waals surface area contributed by atoms with Crippen LogP contribution >= 0.6 is 18.9 Å². The monoisotopic (exact) mass is 417 g/mol. The second-order valence-corrected chi connectivity index (χ2v) is 11.5. The van der Waals surface area contributed by atoms with E-state index < -0.39 is 13.6 Å². The van der Waals surface area contributed by atoms with Gasteiger partial charge in [0.15, 0.2) is 0 Å². The third-order valence-electron chi connectivity index (χ3n) is 4.03. The number of benzene rings is 1. The largest absolute Gasteiger partial charge is 0.431 e. The SMILES string of the molecule is COCP(=O)(N[C@@H](C)C(O)=[SH]C(C)C)Oc1c(C(C)C)cccc1C(C)C. The summed E-state index contributed by atoms with van der Waals surface area (Å²) >= 11 is 0.807. The lowest BCUT2D eigenvalue weighted by Crippen LogP contribution is -2.34. The van der Waals surface area contributed by atoms with Gasteiger partial charge in [0, 0.05) is 7.11 Å². The van der Waals surface area contributed by atoms with E-state index in [2.05, 4.69) is 32.8 Å². The summed E-state index contributed by atoms with van der Waals surface area (Å²) in [6, 6.07) is 5.56.